The maximum Gasteiger partial charge on any atom is 0.264 e. The minimum atomic E-state index is -4.14. The minimum absolute atomic E-state index is 0.0419. The molecule has 0 saturated carbocycles. The number of benzene rings is 2. The standard InChI is InChI=1S/C13H11BrClFN2O2S/c1-7-9(14)3-2-4-11(7)18-21(19,20)12-6-8(15)5-10(17)13(12)16/h2-6,18H,17H2,1H3. The number of hydrogen-bond acceptors (Lipinski definition) is 3. The summed E-state index contributed by atoms with van der Waals surface area (Å²) < 4.78 is 41.6. The van der Waals surface area contributed by atoms with E-state index in [2.05, 4.69) is 20.7 Å². The van der Waals surface area contributed by atoms with Crippen molar-refractivity contribution < 1.29 is 12.8 Å². The zero-order valence-electron chi connectivity index (χ0n) is 10.8. The predicted molar refractivity (Wildman–Crippen MR) is 85.5 cm³/mol. The molecule has 0 spiro atoms. The normalized spacial score (nSPS) is 11.4. The number of hydrogen-bond donors (Lipinski definition) is 2. The van der Waals surface area contributed by atoms with Gasteiger partial charge in [-0.2, -0.15) is 0 Å². The van der Waals surface area contributed by atoms with E-state index in [0.29, 0.717) is 11.3 Å². The fourth-order valence-electron chi connectivity index (χ4n) is 1.70. The Kier molecular flexibility index (Phi) is 4.46. The molecule has 0 bridgehead atoms. The Hall–Kier alpha value is -1.31. The van der Waals surface area contributed by atoms with E-state index in [-0.39, 0.29) is 10.7 Å². The smallest absolute Gasteiger partial charge is 0.264 e. The number of sulfonamides is 1. The van der Waals surface area contributed by atoms with Gasteiger partial charge in [-0.25, -0.2) is 12.8 Å². The predicted octanol–water partition coefficient (Wildman–Crippen LogP) is 3.93. The summed E-state index contributed by atoms with van der Waals surface area (Å²) in [7, 11) is -4.14. The first-order chi connectivity index (χ1) is 9.72. The summed E-state index contributed by atoms with van der Waals surface area (Å²) in [5.74, 6) is -1.03. The molecule has 0 saturated heterocycles. The van der Waals surface area contributed by atoms with Gasteiger partial charge >= 0.3 is 0 Å². The van der Waals surface area contributed by atoms with Crippen LogP contribution in [0.2, 0.25) is 5.02 Å². The van der Waals surface area contributed by atoms with Gasteiger partial charge in [0.25, 0.3) is 10.0 Å². The van der Waals surface area contributed by atoms with E-state index in [1.54, 1.807) is 25.1 Å². The lowest BCUT2D eigenvalue weighted by atomic mass is 10.2. The average Bonchev–Trinajstić information content (AvgIpc) is 2.39. The van der Waals surface area contributed by atoms with Crippen molar-refractivity contribution >= 4 is 48.9 Å². The van der Waals surface area contributed by atoms with Crippen molar-refractivity contribution in [2.45, 2.75) is 11.8 Å². The monoisotopic (exact) mass is 392 g/mol. The molecule has 0 aliphatic rings. The van der Waals surface area contributed by atoms with Gasteiger partial charge in [-0.3, -0.25) is 4.72 Å². The minimum Gasteiger partial charge on any atom is -0.396 e. The highest BCUT2D eigenvalue weighted by Gasteiger charge is 2.22. The molecule has 112 valence electrons. The first-order valence-corrected chi connectivity index (χ1v) is 8.40. The Labute approximate surface area is 135 Å². The van der Waals surface area contributed by atoms with Crippen LogP contribution in [0.15, 0.2) is 39.7 Å². The maximum atomic E-state index is 13.9. The summed E-state index contributed by atoms with van der Waals surface area (Å²) in [6.45, 7) is 1.73. The van der Waals surface area contributed by atoms with Crippen LogP contribution in [0.5, 0.6) is 0 Å². The summed E-state index contributed by atoms with van der Waals surface area (Å²) in [5.41, 5.74) is 6.09. The average molecular weight is 394 g/mol. The molecule has 4 nitrogen and oxygen atoms in total. The van der Waals surface area contributed by atoms with Crippen LogP contribution >= 0.6 is 27.5 Å². The van der Waals surface area contributed by atoms with Gasteiger partial charge in [-0.15, -0.1) is 0 Å². The van der Waals surface area contributed by atoms with Gasteiger partial charge in [0.05, 0.1) is 11.4 Å². The van der Waals surface area contributed by atoms with E-state index in [1.807, 2.05) is 0 Å². The van der Waals surface area contributed by atoms with E-state index in [1.165, 1.54) is 0 Å². The second-order valence-corrected chi connectivity index (χ2v) is 7.27. The third-order valence-corrected chi connectivity index (χ3v) is 5.28. The topological polar surface area (TPSA) is 72.2 Å². The highest BCUT2D eigenvalue weighted by molar-refractivity contribution is 9.10. The molecule has 0 radical (unpaired) electrons. The van der Waals surface area contributed by atoms with Crippen molar-refractivity contribution in [1.29, 1.82) is 0 Å². The number of nitrogen functional groups attached to an aromatic ring is 1. The van der Waals surface area contributed by atoms with Crippen LogP contribution in [0.4, 0.5) is 15.8 Å². The van der Waals surface area contributed by atoms with Gasteiger partial charge in [0.15, 0.2) is 5.82 Å². The fraction of sp³-hybridized carbons (Fsp3) is 0.0769. The SMILES string of the molecule is Cc1c(Br)cccc1NS(=O)(=O)c1cc(Cl)cc(N)c1F. The molecule has 0 fully saturated rings. The number of halogens is 3. The lowest BCUT2D eigenvalue weighted by Crippen LogP contribution is -2.16. The number of rotatable bonds is 3. The van der Waals surface area contributed by atoms with E-state index in [4.69, 9.17) is 17.3 Å². The van der Waals surface area contributed by atoms with Crippen molar-refractivity contribution in [3.05, 3.63) is 51.2 Å². The van der Waals surface area contributed by atoms with Crippen molar-refractivity contribution in [3.63, 3.8) is 0 Å². The fourth-order valence-corrected chi connectivity index (χ4v) is 3.61. The lowest BCUT2D eigenvalue weighted by Gasteiger charge is -2.13. The summed E-state index contributed by atoms with van der Waals surface area (Å²) in [6, 6.07) is 7.18. The largest absolute Gasteiger partial charge is 0.396 e. The molecule has 2 rings (SSSR count). The zero-order valence-corrected chi connectivity index (χ0v) is 14.0. The van der Waals surface area contributed by atoms with Crippen LogP contribution in [0.3, 0.4) is 0 Å². The zero-order chi connectivity index (χ0) is 15.8. The third-order valence-electron chi connectivity index (χ3n) is 2.83. The maximum absolute atomic E-state index is 13.9. The number of nitrogens with one attached hydrogen (secondary N) is 1. The van der Waals surface area contributed by atoms with Crippen molar-refractivity contribution in [2.24, 2.45) is 0 Å². The van der Waals surface area contributed by atoms with Gasteiger partial charge in [0.2, 0.25) is 0 Å². The molecular weight excluding hydrogens is 383 g/mol. The van der Waals surface area contributed by atoms with Crippen LogP contribution < -0.4 is 10.5 Å². The quantitative estimate of drug-likeness (QED) is 0.776. The Morgan fingerprint density at radius 3 is 2.67 bits per heavy atom. The van der Waals surface area contributed by atoms with E-state index >= 15 is 0 Å². The molecule has 0 heterocycles. The van der Waals surface area contributed by atoms with Crippen LogP contribution in [0.25, 0.3) is 0 Å². The second-order valence-electron chi connectivity index (χ2n) is 4.33. The molecule has 2 aromatic carbocycles. The summed E-state index contributed by atoms with van der Waals surface area (Å²) in [4.78, 5) is -0.591. The molecular formula is C13H11BrClFN2O2S. The number of nitrogens with two attached hydrogens (primary N) is 1. The van der Waals surface area contributed by atoms with Crippen LogP contribution in [-0.2, 0) is 10.0 Å². The highest BCUT2D eigenvalue weighted by atomic mass is 79.9. The summed E-state index contributed by atoms with van der Waals surface area (Å²) in [5, 5.41) is 0.0419. The molecule has 21 heavy (non-hydrogen) atoms. The Morgan fingerprint density at radius 1 is 1.33 bits per heavy atom. The van der Waals surface area contributed by atoms with E-state index in [0.717, 1.165) is 16.6 Å². The van der Waals surface area contributed by atoms with Crippen molar-refractivity contribution in [2.75, 3.05) is 10.5 Å². The van der Waals surface area contributed by atoms with Crippen molar-refractivity contribution in [3.8, 4) is 0 Å². The molecule has 0 aliphatic carbocycles. The Bertz CT molecular complexity index is 812. The van der Waals surface area contributed by atoms with E-state index < -0.39 is 20.7 Å². The molecule has 0 amide bonds. The lowest BCUT2D eigenvalue weighted by molar-refractivity contribution is 0.573. The first kappa shape index (κ1) is 16.1. The Morgan fingerprint density at radius 2 is 2.00 bits per heavy atom. The molecule has 0 aromatic heterocycles. The third kappa shape index (κ3) is 3.30. The molecule has 0 aliphatic heterocycles. The highest BCUT2D eigenvalue weighted by Crippen LogP contribution is 2.29. The second kappa shape index (κ2) is 5.82. The van der Waals surface area contributed by atoms with Gasteiger partial charge < -0.3 is 5.73 Å². The summed E-state index contributed by atoms with van der Waals surface area (Å²) >= 11 is 9.04. The first-order valence-electron chi connectivity index (χ1n) is 5.75. The van der Waals surface area contributed by atoms with E-state index in [9.17, 15) is 12.8 Å². The van der Waals surface area contributed by atoms with Gasteiger partial charge in [-0.05, 0) is 36.8 Å². The molecule has 2 aromatic rings. The van der Waals surface area contributed by atoms with Crippen LogP contribution in [-0.4, -0.2) is 8.42 Å². The molecule has 8 heteroatoms. The molecule has 3 N–H and O–H groups in total. The number of anilines is 2. The van der Waals surface area contributed by atoms with Gasteiger partial charge in [0, 0.05) is 9.50 Å². The van der Waals surface area contributed by atoms with Gasteiger partial charge in [0.1, 0.15) is 4.90 Å². The molecule has 0 atom stereocenters. The summed E-state index contributed by atoms with van der Waals surface area (Å²) in [6.07, 6.45) is 0. The Balaban J connectivity index is 2.51. The van der Waals surface area contributed by atoms with Crippen LogP contribution in [0, 0.1) is 12.7 Å². The van der Waals surface area contributed by atoms with Gasteiger partial charge in [-0.1, -0.05) is 33.6 Å². The van der Waals surface area contributed by atoms with Crippen LogP contribution in [0.1, 0.15) is 5.56 Å². The van der Waals surface area contributed by atoms with Crippen molar-refractivity contribution in [1.82, 2.24) is 0 Å². The molecule has 0 unspecified atom stereocenters.